The summed E-state index contributed by atoms with van der Waals surface area (Å²) in [4.78, 5) is 20.6. The van der Waals surface area contributed by atoms with Gasteiger partial charge in [-0.25, -0.2) is 4.98 Å². The molecule has 0 atom stereocenters. The lowest BCUT2D eigenvalue weighted by molar-refractivity contribution is 0.983. The Morgan fingerprint density at radius 3 is 2.46 bits per heavy atom. The summed E-state index contributed by atoms with van der Waals surface area (Å²) >= 11 is 2.83. The average Bonchev–Trinajstić information content (AvgIpc) is 3.12. The van der Waals surface area contributed by atoms with Crippen molar-refractivity contribution in [2.24, 2.45) is 0 Å². The lowest BCUT2D eigenvalue weighted by Crippen LogP contribution is -2.08. The number of H-pyrrole nitrogens is 1. The fourth-order valence-corrected chi connectivity index (χ4v) is 4.34. The molecule has 4 rings (SSSR count). The predicted molar refractivity (Wildman–Crippen MR) is 111 cm³/mol. The van der Waals surface area contributed by atoms with Crippen molar-refractivity contribution in [1.82, 2.24) is 9.97 Å². The summed E-state index contributed by atoms with van der Waals surface area (Å²) < 4.78 is 0. The molecule has 126 valence electrons. The molecule has 0 saturated heterocycles. The van der Waals surface area contributed by atoms with Crippen LogP contribution in [0, 0.1) is 12.3 Å². The fourth-order valence-electron chi connectivity index (χ4n) is 2.79. The Morgan fingerprint density at radius 1 is 1.04 bits per heavy atom. The molecule has 0 spiro atoms. The number of hydrogen-bond acceptors (Lipinski definition) is 4. The molecule has 0 amide bonds. The number of nitrogens with one attached hydrogen (secondary N) is 1. The number of thiophene rings is 1. The molecule has 0 bridgehead atoms. The molecular formula is C21H14N2OS2. The molecule has 0 unspecified atom stereocenters. The maximum Gasteiger partial charge on any atom is 0.260 e. The highest BCUT2D eigenvalue weighted by molar-refractivity contribution is 7.99. The lowest BCUT2D eigenvalue weighted by Gasteiger charge is -2.04. The number of aromatic amines is 1. The van der Waals surface area contributed by atoms with Gasteiger partial charge in [-0.05, 0) is 16.7 Å². The summed E-state index contributed by atoms with van der Waals surface area (Å²) in [6, 6.07) is 18.5. The van der Waals surface area contributed by atoms with Crippen molar-refractivity contribution in [2.75, 3.05) is 5.75 Å². The van der Waals surface area contributed by atoms with Crippen molar-refractivity contribution in [2.45, 2.75) is 5.16 Å². The molecule has 0 saturated carbocycles. The molecule has 1 N–H and O–H groups in total. The summed E-state index contributed by atoms with van der Waals surface area (Å²) in [7, 11) is 0. The number of fused-ring (bicyclic) bond motifs is 1. The van der Waals surface area contributed by atoms with E-state index in [-0.39, 0.29) is 5.56 Å². The molecule has 0 aliphatic carbocycles. The van der Waals surface area contributed by atoms with Gasteiger partial charge in [-0.1, -0.05) is 72.3 Å². The van der Waals surface area contributed by atoms with E-state index in [1.807, 2.05) is 35.7 Å². The molecule has 0 radical (unpaired) electrons. The predicted octanol–water partition coefficient (Wildman–Crippen LogP) is 5.04. The minimum absolute atomic E-state index is 0.127. The Labute approximate surface area is 159 Å². The number of nitrogens with zero attached hydrogens (tertiary/aromatic N) is 1. The summed E-state index contributed by atoms with van der Waals surface area (Å²) in [5.41, 5.74) is 4.11. The van der Waals surface area contributed by atoms with Crippen LogP contribution in [0.5, 0.6) is 0 Å². The van der Waals surface area contributed by atoms with Crippen molar-refractivity contribution >= 4 is 33.3 Å². The summed E-state index contributed by atoms with van der Waals surface area (Å²) in [5.74, 6) is 3.02. The molecule has 3 nitrogen and oxygen atoms in total. The number of hydrogen-bond donors (Lipinski definition) is 1. The van der Waals surface area contributed by atoms with E-state index in [1.54, 1.807) is 0 Å². The van der Waals surface area contributed by atoms with Gasteiger partial charge in [0.05, 0.1) is 11.1 Å². The van der Waals surface area contributed by atoms with Crippen molar-refractivity contribution in [3.8, 4) is 34.6 Å². The zero-order chi connectivity index (χ0) is 17.9. The van der Waals surface area contributed by atoms with E-state index in [1.165, 1.54) is 28.7 Å². The monoisotopic (exact) mass is 374 g/mol. The molecule has 4 aromatic rings. The minimum Gasteiger partial charge on any atom is -0.301 e. The van der Waals surface area contributed by atoms with Gasteiger partial charge in [0.25, 0.3) is 5.56 Å². The van der Waals surface area contributed by atoms with E-state index < -0.39 is 0 Å². The second-order valence-corrected chi connectivity index (χ2v) is 7.46. The molecule has 0 aliphatic rings. The number of benzene rings is 2. The first kappa shape index (κ1) is 16.6. The Bertz CT molecular complexity index is 1150. The van der Waals surface area contributed by atoms with Crippen molar-refractivity contribution in [3.05, 3.63) is 70.3 Å². The molecular weight excluding hydrogens is 360 g/mol. The number of terminal acetylenes is 1. The number of rotatable bonds is 4. The summed E-state index contributed by atoms with van der Waals surface area (Å²) in [5, 5.41) is 3.18. The third kappa shape index (κ3) is 3.17. The molecule has 0 aliphatic heterocycles. The van der Waals surface area contributed by atoms with Crippen molar-refractivity contribution in [3.63, 3.8) is 0 Å². The summed E-state index contributed by atoms with van der Waals surface area (Å²) in [6.07, 6.45) is 5.27. The first-order valence-corrected chi connectivity index (χ1v) is 9.86. The van der Waals surface area contributed by atoms with Gasteiger partial charge in [0, 0.05) is 10.9 Å². The van der Waals surface area contributed by atoms with Crippen LogP contribution >= 0.6 is 23.1 Å². The van der Waals surface area contributed by atoms with Gasteiger partial charge in [-0.3, -0.25) is 4.79 Å². The average molecular weight is 374 g/mol. The van der Waals surface area contributed by atoms with Crippen molar-refractivity contribution < 1.29 is 0 Å². The standard InChI is InChI=1S/C21H14N2OS2/c1-2-12-25-21-22-19(24)18-17(13-26-20(18)23-21)16-10-8-15(9-11-16)14-6-4-3-5-7-14/h1,3-11,13H,12H2,(H,22,23,24). The second-order valence-electron chi connectivity index (χ2n) is 5.64. The highest BCUT2D eigenvalue weighted by Crippen LogP contribution is 2.32. The van der Waals surface area contributed by atoms with Gasteiger partial charge >= 0.3 is 0 Å². The zero-order valence-electron chi connectivity index (χ0n) is 13.7. The first-order valence-electron chi connectivity index (χ1n) is 8.00. The zero-order valence-corrected chi connectivity index (χ0v) is 15.4. The molecule has 2 aromatic carbocycles. The second kappa shape index (κ2) is 7.20. The van der Waals surface area contributed by atoms with Gasteiger partial charge in [0.1, 0.15) is 4.83 Å². The molecule has 0 fully saturated rings. The van der Waals surface area contributed by atoms with Gasteiger partial charge < -0.3 is 4.98 Å². The van der Waals surface area contributed by atoms with Gasteiger partial charge in [0.2, 0.25) is 0 Å². The number of thioether (sulfide) groups is 1. The maximum atomic E-state index is 12.6. The molecule has 26 heavy (non-hydrogen) atoms. The Hall–Kier alpha value is -2.81. The largest absolute Gasteiger partial charge is 0.301 e. The van der Waals surface area contributed by atoms with Crippen LogP contribution < -0.4 is 5.56 Å². The third-order valence-corrected chi connectivity index (χ3v) is 5.67. The number of aromatic nitrogens is 2. The van der Waals surface area contributed by atoms with Crippen molar-refractivity contribution in [1.29, 1.82) is 0 Å². The van der Waals surface area contributed by atoms with E-state index in [0.29, 0.717) is 16.3 Å². The highest BCUT2D eigenvalue weighted by Gasteiger charge is 2.13. The van der Waals surface area contributed by atoms with Gasteiger partial charge in [0.15, 0.2) is 5.16 Å². The SMILES string of the molecule is C#CCSc1nc2scc(-c3ccc(-c4ccccc4)cc3)c2c(=O)[nH]1. The first-order chi connectivity index (χ1) is 12.8. The van der Waals surface area contributed by atoms with Crippen LogP contribution in [0.4, 0.5) is 0 Å². The van der Waals surface area contributed by atoms with Crippen LogP contribution in [0.2, 0.25) is 0 Å². The third-order valence-electron chi connectivity index (χ3n) is 4.02. The molecule has 2 heterocycles. The Morgan fingerprint density at radius 2 is 1.73 bits per heavy atom. The van der Waals surface area contributed by atoms with E-state index in [2.05, 4.69) is 40.2 Å². The van der Waals surface area contributed by atoms with Crippen LogP contribution in [0.15, 0.2) is 69.9 Å². The van der Waals surface area contributed by atoms with E-state index in [9.17, 15) is 4.79 Å². The Kier molecular flexibility index (Phi) is 4.61. The lowest BCUT2D eigenvalue weighted by atomic mass is 10.0. The topological polar surface area (TPSA) is 45.8 Å². The highest BCUT2D eigenvalue weighted by atomic mass is 32.2. The van der Waals surface area contributed by atoms with Crippen LogP contribution in [-0.2, 0) is 0 Å². The quantitative estimate of drug-likeness (QED) is 0.309. The van der Waals surface area contributed by atoms with Crippen LogP contribution in [0.1, 0.15) is 0 Å². The van der Waals surface area contributed by atoms with E-state index >= 15 is 0 Å². The van der Waals surface area contributed by atoms with Gasteiger partial charge in [-0.15, -0.1) is 17.8 Å². The van der Waals surface area contributed by atoms with E-state index in [4.69, 9.17) is 6.42 Å². The van der Waals surface area contributed by atoms with Crippen LogP contribution in [-0.4, -0.2) is 15.7 Å². The maximum absolute atomic E-state index is 12.6. The van der Waals surface area contributed by atoms with Crippen LogP contribution in [0.3, 0.4) is 0 Å². The minimum atomic E-state index is -0.127. The normalized spacial score (nSPS) is 10.7. The fraction of sp³-hybridized carbons (Fsp3) is 0.0476. The van der Waals surface area contributed by atoms with E-state index in [0.717, 1.165) is 21.5 Å². The molecule has 5 heteroatoms. The van der Waals surface area contributed by atoms with Gasteiger partial charge in [-0.2, -0.15) is 0 Å². The molecule has 2 aromatic heterocycles. The van der Waals surface area contributed by atoms with Crippen LogP contribution in [0.25, 0.3) is 32.5 Å². The Balaban J connectivity index is 1.73. The summed E-state index contributed by atoms with van der Waals surface area (Å²) in [6.45, 7) is 0. The smallest absolute Gasteiger partial charge is 0.260 e.